The van der Waals surface area contributed by atoms with Crippen molar-refractivity contribution in [1.29, 1.82) is 0 Å². The van der Waals surface area contributed by atoms with Gasteiger partial charge in [0.1, 0.15) is 0 Å². The minimum atomic E-state index is -0.317. The molecule has 0 spiro atoms. The molecule has 0 heterocycles. The summed E-state index contributed by atoms with van der Waals surface area (Å²) in [7, 11) is 0. The molecule has 77 valence electrons. The second-order valence-electron chi connectivity index (χ2n) is 4.63. The van der Waals surface area contributed by atoms with Gasteiger partial charge in [-0.1, -0.05) is 24.3 Å². The van der Waals surface area contributed by atoms with E-state index in [0.29, 0.717) is 6.54 Å². The molecule has 0 atom stereocenters. The van der Waals surface area contributed by atoms with Crippen molar-refractivity contribution in [3.05, 3.63) is 35.4 Å². The molecule has 0 N–H and O–H groups in total. The van der Waals surface area contributed by atoms with E-state index in [1.54, 1.807) is 0 Å². The maximum atomic E-state index is 11.7. The van der Waals surface area contributed by atoms with Crippen molar-refractivity contribution < 1.29 is 5.21 Å². The van der Waals surface area contributed by atoms with Crippen molar-refractivity contribution in [2.75, 3.05) is 0 Å². The smallest absolute Gasteiger partial charge is 0.0530 e. The van der Waals surface area contributed by atoms with Gasteiger partial charge in [-0.3, -0.25) is 0 Å². The van der Waals surface area contributed by atoms with E-state index in [1.807, 2.05) is 52.0 Å². The van der Waals surface area contributed by atoms with Crippen molar-refractivity contribution in [2.45, 2.75) is 39.8 Å². The average Bonchev–Trinajstić information content (AvgIpc) is 2.07. The molecule has 0 aromatic heterocycles. The van der Waals surface area contributed by atoms with Gasteiger partial charge in [-0.2, -0.15) is 0 Å². The summed E-state index contributed by atoms with van der Waals surface area (Å²) in [5.74, 6) is 0. The van der Waals surface area contributed by atoms with Crippen LogP contribution in [0.2, 0.25) is 0 Å². The predicted molar refractivity (Wildman–Crippen MR) is 57.2 cm³/mol. The minimum absolute atomic E-state index is 0.317. The first-order valence-corrected chi connectivity index (χ1v) is 4.90. The number of hydrogen-bond donors (Lipinski definition) is 0. The highest BCUT2D eigenvalue weighted by Crippen LogP contribution is 2.16. The normalized spacial score (nSPS) is 12.1. The van der Waals surface area contributed by atoms with Crippen LogP contribution in [0.4, 0.5) is 0 Å². The zero-order chi connectivity index (χ0) is 10.8. The Morgan fingerprint density at radius 3 is 2.29 bits per heavy atom. The number of hydroxylamine groups is 2. The molecule has 1 radical (unpaired) electrons. The summed E-state index contributed by atoms with van der Waals surface area (Å²) in [5.41, 5.74) is 1.97. The van der Waals surface area contributed by atoms with E-state index in [-0.39, 0.29) is 5.54 Å². The van der Waals surface area contributed by atoms with Crippen molar-refractivity contribution in [3.8, 4) is 0 Å². The fraction of sp³-hybridized carbons (Fsp3) is 0.500. The molecule has 0 saturated heterocycles. The van der Waals surface area contributed by atoms with E-state index in [4.69, 9.17) is 0 Å². The molecule has 14 heavy (non-hydrogen) atoms. The molecular weight excluding hydrogens is 174 g/mol. The molecule has 1 rings (SSSR count). The Morgan fingerprint density at radius 2 is 1.79 bits per heavy atom. The predicted octanol–water partition coefficient (Wildman–Crippen LogP) is 2.94. The zero-order valence-corrected chi connectivity index (χ0v) is 9.37. The fourth-order valence-corrected chi connectivity index (χ4v) is 1.18. The Kier molecular flexibility index (Phi) is 3.29. The lowest BCUT2D eigenvalue weighted by Crippen LogP contribution is -2.36. The standard InChI is InChI=1S/C12H18NO/c1-10-7-5-6-8-11(10)9-13(14)12(2,3)4/h5-8H,9H2,1-4H3. The van der Waals surface area contributed by atoms with Crippen LogP contribution in [0.5, 0.6) is 0 Å². The number of benzene rings is 1. The quantitative estimate of drug-likeness (QED) is 0.661. The fourth-order valence-electron chi connectivity index (χ4n) is 1.18. The summed E-state index contributed by atoms with van der Waals surface area (Å²) in [6.07, 6.45) is 0. The van der Waals surface area contributed by atoms with Gasteiger partial charge < -0.3 is 0 Å². The minimum Gasteiger partial charge on any atom is -0.145 e. The van der Waals surface area contributed by atoms with Gasteiger partial charge in [-0.25, -0.2) is 0 Å². The Labute approximate surface area is 86.1 Å². The molecule has 0 unspecified atom stereocenters. The van der Waals surface area contributed by atoms with Crippen molar-refractivity contribution in [1.82, 2.24) is 5.06 Å². The Morgan fingerprint density at radius 1 is 1.21 bits per heavy atom. The molecule has 0 amide bonds. The summed E-state index contributed by atoms with van der Waals surface area (Å²) in [6, 6.07) is 8.00. The van der Waals surface area contributed by atoms with E-state index < -0.39 is 0 Å². The Hall–Kier alpha value is -0.860. The number of nitrogens with zero attached hydrogens (tertiary/aromatic N) is 1. The topological polar surface area (TPSA) is 23.1 Å². The summed E-state index contributed by atoms with van der Waals surface area (Å²) in [5, 5.41) is 12.8. The second-order valence-corrected chi connectivity index (χ2v) is 4.63. The molecule has 0 aliphatic heterocycles. The molecule has 0 aliphatic rings. The van der Waals surface area contributed by atoms with Crippen LogP contribution < -0.4 is 0 Å². The van der Waals surface area contributed by atoms with Crippen LogP contribution in [-0.4, -0.2) is 10.6 Å². The van der Waals surface area contributed by atoms with Crippen LogP contribution in [0.25, 0.3) is 0 Å². The molecule has 0 bridgehead atoms. The van der Waals surface area contributed by atoms with Crippen molar-refractivity contribution >= 4 is 0 Å². The lowest BCUT2D eigenvalue weighted by Gasteiger charge is -2.27. The molecule has 2 nitrogen and oxygen atoms in total. The van der Waals surface area contributed by atoms with Gasteiger partial charge in [0.25, 0.3) is 0 Å². The van der Waals surface area contributed by atoms with Gasteiger partial charge in [0.05, 0.1) is 6.54 Å². The van der Waals surface area contributed by atoms with Gasteiger partial charge in [0.2, 0.25) is 0 Å². The van der Waals surface area contributed by atoms with E-state index in [1.165, 1.54) is 5.56 Å². The van der Waals surface area contributed by atoms with E-state index in [0.717, 1.165) is 10.6 Å². The van der Waals surface area contributed by atoms with Crippen LogP contribution in [0.1, 0.15) is 31.9 Å². The summed E-state index contributed by atoms with van der Waals surface area (Å²) in [4.78, 5) is 0. The van der Waals surface area contributed by atoms with Crippen molar-refractivity contribution in [2.24, 2.45) is 0 Å². The second kappa shape index (κ2) is 4.11. The molecule has 0 aliphatic carbocycles. The first kappa shape index (κ1) is 11.2. The van der Waals surface area contributed by atoms with Gasteiger partial charge in [-0.15, -0.1) is 10.3 Å². The first-order valence-electron chi connectivity index (χ1n) is 4.90. The highest BCUT2D eigenvalue weighted by Gasteiger charge is 2.21. The van der Waals surface area contributed by atoms with Crippen molar-refractivity contribution in [3.63, 3.8) is 0 Å². The van der Waals surface area contributed by atoms with E-state index >= 15 is 0 Å². The maximum absolute atomic E-state index is 11.7. The maximum Gasteiger partial charge on any atom is 0.0530 e. The van der Waals surface area contributed by atoms with Gasteiger partial charge in [-0.05, 0) is 38.8 Å². The largest absolute Gasteiger partial charge is 0.145 e. The molecule has 0 fully saturated rings. The van der Waals surface area contributed by atoms with Gasteiger partial charge in [0, 0.05) is 5.54 Å². The molecule has 0 saturated carbocycles. The van der Waals surface area contributed by atoms with Gasteiger partial charge in [0.15, 0.2) is 0 Å². The number of hydrogen-bond acceptors (Lipinski definition) is 1. The first-order chi connectivity index (χ1) is 6.41. The Bertz CT molecular complexity index is 301. The molecular formula is C12H18NO. The highest BCUT2D eigenvalue weighted by atomic mass is 16.5. The number of rotatable bonds is 2. The SMILES string of the molecule is Cc1ccccc1CN([O])C(C)(C)C. The lowest BCUT2D eigenvalue weighted by molar-refractivity contribution is -0.219. The molecule has 1 aromatic rings. The van der Waals surface area contributed by atoms with Crippen LogP contribution in [-0.2, 0) is 11.8 Å². The number of aryl methyl sites for hydroxylation is 1. The third kappa shape index (κ3) is 2.82. The van der Waals surface area contributed by atoms with Crippen LogP contribution in [0.15, 0.2) is 24.3 Å². The van der Waals surface area contributed by atoms with Crippen LogP contribution in [0, 0.1) is 6.92 Å². The summed E-state index contributed by atoms with van der Waals surface area (Å²) in [6.45, 7) is 8.29. The third-order valence-corrected chi connectivity index (χ3v) is 2.32. The van der Waals surface area contributed by atoms with Crippen LogP contribution in [0.3, 0.4) is 0 Å². The van der Waals surface area contributed by atoms with Crippen LogP contribution >= 0.6 is 0 Å². The summed E-state index contributed by atoms with van der Waals surface area (Å²) < 4.78 is 0. The lowest BCUT2D eigenvalue weighted by atomic mass is 10.1. The highest BCUT2D eigenvalue weighted by molar-refractivity contribution is 5.25. The third-order valence-electron chi connectivity index (χ3n) is 2.32. The Balaban J connectivity index is 2.75. The molecule has 1 aromatic carbocycles. The molecule has 2 heteroatoms. The monoisotopic (exact) mass is 192 g/mol. The van der Waals surface area contributed by atoms with Gasteiger partial charge >= 0.3 is 0 Å². The zero-order valence-electron chi connectivity index (χ0n) is 9.37. The van der Waals surface area contributed by atoms with E-state index in [2.05, 4.69) is 0 Å². The summed E-state index contributed by atoms with van der Waals surface area (Å²) >= 11 is 0. The average molecular weight is 192 g/mol. The van der Waals surface area contributed by atoms with E-state index in [9.17, 15) is 5.21 Å².